The van der Waals surface area contributed by atoms with E-state index in [1.54, 1.807) is 0 Å². The van der Waals surface area contributed by atoms with Gasteiger partial charge in [-0.25, -0.2) is 0 Å². The lowest BCUT2D eigenvalue weighted by Gasteiger charge is -2.36. The van der Waals surface area contributed by atoms with Crippen LogP contribution in [0.15, 0.2) is 0 Å². The van der Waals surface area contributed by atoms with Crippen molar-refractivity contribution in [2.75, 3.05) is 0 Å². The maximum Gasteiger partial charge on any atom is 0.139 e. The van der Waals surface area contributed by atoms with Gasteiger partial charge in [0.05, 0.1) is 0 Å². The molecule has 88 valence electrons. The van der Waals surface area contributed by atoms with Crippen molar-refractivity contribution >= 4 is 5.78 Å². The standard InChI is InChI=1S/C14H26O/c1-10(2)9-11-7-6-8-12(13(11)15)14(3,4)5/h10-12H,6-9H2,1-5H3. The summed E-state index contributed by atoms with van der Waals surface area (Å²) < 4.78 is 0. The molecule has 0 bridgehead atoms. The average molecular weight is 210 g/mol. The summed E-state index contributed by atoms with van der Waals surface area (Å²) in [6.45, 7) is 11.0. The molecule has 1 fully saturated rings. The molecule has 0 N–H and O–H groups in total. The Kier molecular flexibility index (Phi) is 3.97. The predicted octanol–water partition coefficient (Wildman–Crippen LogP) is 4.06. The van der Waals surface area contributed by atoms with Crippen LogP contribution in [-0.4, -0.2) is 5.78 Å². The summed E-state index contributed by atoms with van der Waals surface area (Å²) in [5.74, 6) is 1.85. The molecule has 2 unspecified atom stereocenters. The van der Waals surface area contributed by atoms with Gasteiger partial charge in [-0.1, -0.05) is 41.0 Å². The fourth-order valence-corrected chi connectivity index (χ4v) is 2.80. The van der Waals surface area contributed by atoms with Gasteiger partial charge < -0.3 is 0 Å². The summed E-state index contributed by atoms with van der Waals surface area (Å²) in [5, 5.41) is 0. The largest absolute Gasteiger partial charge is 0.299 e. The van der Waals surface area contributed by atoms with Gasteiger partial charge in [-0.3, -0.25) is 4.79 Å². The van der Waals surface area contributed by atoms with Crippen LogP contribution < -0.4 is 0 Å². The third-order valence-corrected chi connectivity index (χ3v) is 3.59. The second-order valence-corrected chi connectivity index (χ2v) is 6.58. The minimum absolute atomic E-state index is 0.159. The zero-order chi connectivity index (χ0) is 11.6. The molecule has 2 atom stereocenters. The number of carbonyl (C=O) groups is 1. The minimum Gasteiger partial charge on any atom is -0.299 e. The molecule has 1 aliphatic carbocycles. The van der Waals surface area contributed by atoms with Gasteiger partial charge in [-0.2, -0.15) is 0 Å². The van der Waals surface area contributed by atoms with Crippen molar-refractivity contribution in [1.82, 2.24) is 0 Å². The molecule has 0 radical (unpaired) electrons. The lowest BCUT2D eigenvalue weighted by molar-refractivity contribution is -0.133. The predicted molar refractivity (Wildman–Crippen MR) is 64.7 cm³/mol. The van der Waals surface area contributed by atoms with E-state index in [-0.39, 0.29) is 5.41 Å². The summed E-state index contributed by atoms with van der Waals surface area (Å²) in [7, 11) is 0. The first-order chi connectivity index (χ1) is 6.82. The van der Waals surface area contributed by atoms with Crippen LogP contribution in [0.5, 0.6) is 0 Å². The Balaban J connectivity index is 2.67. The summed E-state index contributed by atoms with van der Waals surface area (Å²) in [5.41, 5.74) is 0.159. The lowest BCUT2D eigenvalue weighted by atomic mass is 9.67. The first kappa shape index (κ1) is 12.7. The van der Waals surface area contributed by atoms with Crippen molar-refractivity contribution in [3.63, 3.8) is 0 Å². The van der Waals surface area contributed by atoms with Crippen molar-refractivity contribution in [3.05, 3.63) is 0 Å². The van der Waals surface area contributed by atoms with Crippen LogP contribution in [0.1, 0.15) is 60.3 Å². The Hall–Kier alpha value is -0.330. The zero-order valence-corrected chi connectivity index (χ0v) is 11.0. The molecular weight excluding hydrogens is 184 g/mol. The SMILES string of the molecule is CC(C)CC1CCCC(C(C)(C)C)C1=O. The van der Waals surface area contributed by atoms with Crippen LogP contribution in [0.2, 0.25) is 0 Å². The fourth-order valence-electron chi connectivity index (χ4n) is 2.80. The Morgan fingerprint density at radius 1 is 1.27 bits per heavy atom. The van der Waals surface area contributed by atoms with Crippen molar-refractivity contribution in [2.45, 2.75) is 60.3 Å². The Labute approximate surface area is 94.6 Å². The van der Waals surface area contributed by atoms with E-state index in [2.05, 4.69) is 34.6 Å². The molecule has 0 aromatic carbocycles. The zero-order valence-electron chi connectivity index (χ0n) is 11.0. The number of rotatable bonds is 2. The third kappa shape index (κ3) is 3.32. The quantitative estimate of drug-likeness (QED) is 0.671. The van der Waals surface area contributed by atoms with Gasteiger partial charge in [0.2, 0.25) is 0 Å². The molecule has 0 aromatic rings. The summed E-state index contributed by atoms with van der Waals surface area (Å²) in [6.07, 6.45) is 4.57. The highest BCUT2D eigenvalue weighted by Crippen LogP contribution is 2.39. The highest BCUT2D eigenvalue weighted by atomic mass is 16.1. The number of hydrogen-bond acceptors (Lipinski definition) is 1. The highest BCUT2D eigenvalue weighted by molar-refractivity contribution is 5.84. The highest BCUT2D eigenvalue weighted by Gasteiger charge is 2.37. The molecule has 0 saturated heterocycles. The Bertz CT molecular complexity index is 222. The van der Waals surface area contributed by atoms with Gasteiger partial charge in [-0.05, 0) is 30.6 Å². The van der Waals surface area contributed by atoms with Gasteiger partial charge in [-0.15, -0.1) is 0 Å². The fraction of sp³-hybridized carbons (Fsp3) is 0.929. The summed E-state index contributed by atoms with van der Waals surface area (Å²) >= 11 is 0. The maximum atomic E-state index is 12.3. The number of hydrogen-bond donors (Lipinski definition) is 0. The second kappa shape index (κ2) is 4.67. The first-order valence-corrected chi connectivity index (χ1v) is 6.36. The van der Waals surface area contributed by atoms with Crippen molar-refractivity contribution in [1.29, 1.82) is 0 Å². The lowest BCUT2D eigenvalue weighted by Crippen LogP contribution is -2.37. The molecule has 0 spiro atoms. The normalized spacial score (nSPS) is 28.5. The monoisotopic (exact) mass is 210 g/mol. The molecular formula is C14H26O. The molecule has 1 saturated carbocycles. The van der Waals surface area contributed by atoms with Crippen LogP contribution in [0.3, 0.4) is 0 Å². The van der Waals surface area contributed by atoms with Crippen LogP contribution >= 0.6 is 0 Å². The molecule has 0 heterocycles. The van der Waals surface area contributed by atoms with Crippen LogP contribution in [0, 0.1) is 23.2 Å². The maximum absolute atomic E-state index is 12.3. The van der Waals surface area contributed by atoms with E-state index >= 15 is 0 Å². The Morgan fingerprint density at radius 3 is 2.33 bits per heavy atom. The van der Waals surface area contributed by atoms with E-state index in [0.29, 0.717) is 23.5 Å². The van der Waals surface area contributed by atoms with Gasteiger partial charge >= 0.3 is 0 Å². The molecule has 0 aliphatic heterocycles. The summed E-state index contributed by atoms with van der Waals surface area (Å²) in [6, 6.07) is 0. The van der Waals surface area contributed by atoms with E-state index in [9.17, 15) is 4.79 Å². The number of Topliss-reactive ketones (excluding diaryl/α,β-unsaturated/α-hetero) is 1. The molecule has 0 amide bonds. The van der Waals surface area contributed by atoms with Gasteiger partial charge in [0.25, 0.3) is 0 Å². The van der Waals surface area contributed by atoms with Gasteiger partial charge in [0.1, 0.15) is 5.78 Å². The van der Waals surface area contributed by atoms with Gasteiger partial charge in [0, 0.05) is 11.8 Å². The molecule has 1 aliphatic rings. The van der Waals surface area contributed by atoms with Crippen LogP contribution in [-0.2, 0) is 4.79 Å². The average Bonchev–Trinajstić information content (AvgIpc) is 2.05. The molecule has 1 heteroatoms. The van der Waals surface area contributed by atoms with Crippen molar-refractivity contribution in [2.24, 2.45) is 23.2 Å². The van der Waals surface area contributed by atoms with E-state index in [0.717, 1.165) is 19.3 Å². The van der Waals surface area contributed by atoms with Crippen LogP contribution in [0.25, 0.3) is 0 Å². The molecule has 15 heavy (non-hydrogen) atoms. The van der Waals surface area contributed by atoms with E-state index in [1.165, 1.54) is 6.42 Å². The summed E-state index contributed by atoms with van der Waals surface area (Å²) in [4.78, 5) is 12.3. The number of ketones is 1. The minimum atomic E-state index is 0.159. The van der Waals surface area contributed by atoms with Crippen LogP contribution in [0.4, 0.5) is 0 Å². The molecule has 1 rings (SSSR count). The molecule has 0 aromatic heterocycles. The van der Waals surface area contributed by atoms with E-state index < -0.39 is 0 Å². The third-order valence-electron chi connectivity index (χ3n) is 3.59. The van der Waals surface area contributed by atoms with E-state index in [4.69, 9.17) is 0 Å². The second-order valence-electron chi connectivity index (χ2n) is 6.58. The smallest absolute Gasteiger partial charge is 0.139 e. The first-order valence-electron chi connectivity index (χ1n) is 6.36. The van der Waals surface area contributed by atoms with Crippen molar-refractivity contribution in [3.8, 4) is 0 Å². The Morgan fingerprint density at radius 2 is 1.87 bits per heavy atom. The topological polar surface area (TPSA) is 17.1 Å². The van der Waals surface area contributed by atoms with E-state index in [1.807, 2.05) is 0 Å². The number of carbonyl (C=O) groups excluding carboxylic acids is 1. The van der Waals surface area contributed by atoms with Gasteiger partial charge in [0.15, 0.2) is 0 Å². The van der Waals surface area contributed by atoms with Crippen molar-refractivity contribution < 1.29 is 4.79 Å². The molecule has 1 nitrogen and oxygen atoms in total.